The summed E-state index contributed by atoms with van der Waals surface area (Å²) < 4.78 is 6.48. The number of anilines is 1. The van der Waals surface area contributed by atoms with Crippen LogP contribution in [0.15, 0.2) is 28.7 Å². The minimum Gasteiger partial charge on any atom is -0.394 e. The van der Waals surface area contributed by atoms with Crippen molar-refractivity contribution in [2.45, 2.75) is 37.5 Å². The lowest BCUT2D eigenvalue weighted by Gasteiger charge is -2.43. The summed E-state index contributed by atoms with van der Waals surface area (Å²) in [5, 5.41) is 34.9. The second-order valence-corrected chi connectivity index (χ2v) is 6.05. The lowest BCUT2D eigenvalue weighted by Crippen LogP contribution is -2.65. The Morgan fingerprint density at radius 3 is 2.45 bits per heavy atom. The van der Waals surface area contributed by atoms with Crippen LogP contribution in [0, 0.1) is 0 Å². The Morgan fingerprint density at radius 1 is 1.27 bits per heavy atom. The smallest absolute Gasteiger partial charge is 0.217 e. The van der Waals surface area contributed by atoms with Crippen LogP contribution in [0.4, 0.5) is 5.69 Å². The summed E-state index contributed by atoms with van der Waals surface area (Å²) in [6.07, 6.45) is -4.28. The number of ether oxygens (including phenoxy) is 1. The molecule has 5 N–H and O–H groups in total. The quantitative estimate of drug-likeness (QED) is 0.499. The van der Waals surface area contributed by atoms with Crippen LogP contribution < -0.4 is 10.6 Å². The summed E-state index contributed by atoms with van der Waals surface area (Å²) in [5.74, 6) is -0.357. The fourth-order valence-electron chi connectivity index (χ4n) is 2.35. The second kappa shape index (κ2) is 7.38. The Bertz CT molecular complexity index is 512. The van der Waals surface area contributed by atoms with Gasteiger partial charge in [-0.15, -0.1) is 0 Å². The van der Waals surface area contributed by atoms with Gasteiger partial charge >= 0.3 is 0 Å². The van der Waals surface area contributed by atoms with E-state index in [1.807, 2.05) is 12.1 Å². The van der Waals surface area contributed by atoms with E-state index >= 15 is 0 Å². The van der Waals surface area contributed by atoms with Gasteiger partial charge in [0.1, 0.15) is 24.4 Å². The number of rotatable bonds is 4. The first-order valence-corrected chi connectivity index (χ1v) is 7.63. The van der Waals surface area contributed by atoms with Crippen molar-refractivity contribution in [1.29, 1.82) is 0 Å². The third-order valence-corrected chi connectivity index (χ3v) is 3.98. The molecular weight excluding hydrogens is 356 g/mol. The minimum atomic E-state index is -1.29. The van der Waals surface area contributed by atoms with Crippen LogP contribution >= 0.6 is 15.9 Å². The Balaban J connectivity index is 2.18. The fraction of sp³-hybridized carbons (Fsp3) is 0.500. The third kappa shape index (κ3) is 3.96. The van der Waals surface area contributed by atoms with Crippen LogP contribution in [0.2, 0.25) is 0 Å². The number of hydrogen-bond acceptors (Lipinski definition) is 6. The number of amides is 1. The average molecular weight is 375 g/mol. The molecule has 1 aliphatic heterocycles. The van der Waals surface area contributed by atoms with Crippen molar-refractivity contribution < 1.29 is 24.9 Å². The van der Waals surface area contributed by atoms with Gasteiger partial charge in [0.15, 0.2) is 6.23 Å². The third-order valence-electron chi connectivity index (χ3n) is 3.45. The number of aliphatic hydroxyl groups excluding tert-OH is 3. The van der Waals surface area contributed by atoms with Crippen LogP contribution in [0.5, 0.6) is 0 Å². The minimum absolute atomic E-state index is 0.357. The number of benzene rings is 1. The van der Waals surface area contributed by atoms with E-state index in [1.165, 1.54) is 6.92 Å². The van der Waals surface area contributed by atoms with Gasteiger partial charge < -0.3 is 30.7 Å². The standard InChI is InChI=1S/C14H19BrN2O5/c1-7(19)16-11-13(21)12(20)10(6-18)22-14(11)17-9-4-2-8(15)3-5-9/h2-5,10-14,17-18,20-21H,6H2,1H3,(H,16,19)/t10-,11-,12-,13-,14+/m1/s1. The van der Waals surface area contributed by atoms with Gasteiger partial charge in [0.2, 0.25) is 5.91 Å². The van der Waals surface area contributed by atoms with Crippen LogP contribution in [0.25, 0.3) is 0 Å². The Labute approximate surface area is 136 Å². The molecule has 0 radical (unpaired) electrons. The monoisotopic (exact) mass is 374 g/mol. The molecule has 2 rings (SSSR count). The molecule has 1 saturated heterocycles. The molecule has 8 heteroatoms. The number of halogens is 1. The molecule has 0 saturated carbocycles. The fourth-order valence-corrected chi connectivity index (χ4v) is 2.61. The molecule has 1 aromatic carbocycles. The first kappa shape index (κ1) is 17.2. The molecule has 122 valence electrons. The summed E-state index contributed by atoms with van der Waals surface area (Å²) in [6, 6.07) is 6.40. The molecule has 0 bridgehead atoms. The zero-order valence-electron chi connectivity index (χ0n) is 11.9. The molecule has 1 heterocycles. The van der Waals surface area contributed by atoms with Gasteiger partial charge in [-0.2, -0.15) is 0 Å². The van der Waals surface area contributed by atoms with Crippen molar-refractivity contribution in [3.8, 4) is 0 Å². The summed E-state index contributed by atoms with van der Waals surface area (Å²) in [5.41, 5.74) is 0.712. The van der Waals surface area contributed by atoms with Crippen molar-refractivity contribution in [2.75, 3.05) is 11.9 Å². The maximum atomic E-state index is 11.3. The number of aliphatic hydroxyl groups is 3. The molecule has 0 unspecified atom stereocenters. The maximum Gasteiger partial charge on any atom is 0.217 e. The second-order valence-electron chi connectivity index (χ2n) is 5.14. The zero-order chi connectivity index (χ0) is 16.3. The molecular formula is C14H19BrN2O5. The molecule has 7 nitrogen and oxygen atoms in total. The van der Waals surface area contributed by atoms with Crippen molar-refractivity contribution in [1.82, 2.24) is 5.32 Å². The Morgan fingerprint density at radius 2 is 1.91 bits per heavy atom. The summed E-state index contributed by atoms with van der Waals surface area (Å²) in [7, 11) is 0. The molecule has 0 spiro atoms. The highest BCUT2D eigenvalue weighted by atomic mass is 79.9. The Kier molecular flexibility index (Phi) is 5.76. The average Bonchev–Trinajstić information content (AvgIpc) is 2.48. The van der Waals surface area contributed by atoms with E-state index in [2.05, 4.69) is 26.6 Å². The van der Waals surface area contributed by atoms with E-state index in [1.54, 1.807) is 12.1 Å². The van der Waals surface area contributed by atoms with E-state index in [4.69, 9.17) is 4.74 Å². The van der Waals surface area contributed by atoms with Gasteiger partial charge in [0, 0.05) is 17.1 Å². The lowest BCUT2D eigenvalue weighted by atomic mass is 9.96. The summed E-state index contributed by atoms with van der Waals surface area (Å²) in [6.45, 7) is 0.872. The molecule has 22 heavy (non-hydrogen) atoms. The predicted octanol–water partition coefficient (Wildman–Crippen LogP) is -0.195. The number of carbonyl (C=O) groups is 1. The van der Waals surface area contributed by atoms with Gasteiger partial charge in [-0.3, -0.25) is 4.79 Å². The molecule has 1 aromatic rings. The maximum absolute atomic E-state index is 11.3. The SMILES string of the molecule is CC(=O)N[C@@H]1[C@@H](O)[C@H](O)[C@@H](CO)O[C@@H]1Nc1ccc(Br)cc1. The van der Waals surface area contributed by atoms with E-state index in [0.717, 1.165) is 4.47 Å². The number of nitrogens with one attached hydrogen (secondary N) is 2. The van der Waals surface area contributed by atoms with E-state index < -0.39 is 37.2 Å². The van der Waals surface area contributed by atoms with Crippen molar-refractivity contribution in [2.24, 2.45) is 0 Å². The topological polar surface area (TPSA) is 111 Å². The molecule has 0 aliphatic carbocycles. The number of carbonyl (C=O) groups excluding carboxylic acids is 1. The van der Waals surface area contributed by atoms with Crippen LogP contribution in [0.3, 0.4) is 0 Å². The molecule has 1 fully saturated rings. The predicted molar refractivity (Wildman–Crippen MR) is 83.1 cm³/mol. The zero-order valence-corrected chi connectivity index (χ0v) is 13.5. The highest BCUT2D eigenvalue weighted by Crippen LogP contribution is 2.23. The van der Waals surface area contributed by atoms with Crippen molar-refractivity contribution in [3.63, 3.8) is 0 Å². The van der Waals surface area contributed by atoms with Gasteiger partial charge in [-0.05, 0) is 24.3 Å². The molecule has 1 aliphatic rings. The van der Waals surface area contributed by atoms with Gasteiger partial charge in [-0.25, -0.2) is 0 Å². The molecule has 0 aromatic heterocycles. The first-order valence-electron chi connectivity index (χ1n) is 6.84. The summed E-state index contributed by atoms with van der Waals surface area (Å²) in [4.78, 5) is 11.3. The molecule has 1 amide bonds. The van der Waals surface area contributed by atoms with Crippen molar-refractivity contribution >= 4 is 27.5 Å². The highest BCUT2D eigenvalue weighted by molar-refractivity contribution is 9.10. The number of hydrogen-bond donors (Lipinski definition) is 5. The highest BCUT2D eigenvalue weighted by Gasteiger charge is 2.44. The van der Waals surface area contributed by atoms with E-state index in [-0.39, 0.29) is 5.91 Å². The van der Waals surface area contributed by atoms with Crippen LogP contribution in [-0.4, -0.2) is 58.4 Å². The normalized spacial score (nSPS) is 31.6. The van der Waals surface area contributed by atoms with Crippen molar-refractivity contribution in [3.05, 3.63) is 28.7 Å². The van der Waals surface area contributed by atoms with E-state index in [9.17, 15) is 20.1 Å². The first-order chi connectivity index (χ1) is 10.4. The Hall–Kier alpha value is -1.19. The molecule has 5 atom stereocenters. The van der Waals surface area contributed by atoms with Gasteiger partial charge in [0.25, 0.3) is 0 Å². The largest absolute Gasteiger partial charge is 0.394 e. The van der Waals surface area contributed by atoms with Crippen LogP contribution in [0.1, 0.15) is 6.92 Å². The van der Waals surface area contributed by atoms with Gasteiger partial charge in [0.05, 0.1) is 6.61 Å². The van der Waals surface area contributed by atoms with Crippen LogP contribution in [-0.2, 0) is 9.53 Å². The van der Waals surface area contributed by atoms with E-state index in [0.29, 0.717) is 5.69 Å². The lowest BCUT2D eigenvalue weighted by molar-refractivity contribution is -0.188. The van der Waals surface area contributed by atoms with Gasteiger partial charge in [-0.1, -0.05) is 15.9 Å². The summed E-state index contributed by atoms with van der Waals surface area (Å²) >= 11 is 3.33.